The minimum atomic E-state index is 0.514. The number of methoxy groups -OCH3 is 1. The molecule has 3 aromatic heterocycles. The Hall–Kier alpha value is -2.78. The summed E-state index contributed by atoms with van der Waals surface area (Å²) in [6.45, 7) is 5.23. The zero-order valence-electron chi connectivity index (χ0n) is 15.2. The third-order valence-corrected chi connectivity index (χ3v) is 5.40. The van der Waals surface area contributed by atoms with E-state index in [1.165, 1.54) is 0 Å². The van der Waals surface area contributed by atoms with E-state index in [1.807, 2.05) is 19.1 Å². The highest BCUT2D eigenvalue weighted by Gasteiger charge is 2.18. The molecule has 8 nitrogen and oxygen atoms in total. The lowest BCUT2D eigenvalue weighted by Crippen LogP contribution is -2.36. The van der Waals surface area contributed by atoms with Crippen LogP contribution in [0.4, 0.5) is 16.8 Å². The fourth-order valence-electron chi connectivity index (χ4n) is 2.76. The summed E-state index contributed by atoms with van der Waals surface area (Å²) in [6.07, 6.45) is 3.43. The molecule has 0 saturated carbocycles. The molecule has 1 fully saturated rings. The maximum atomic E-state index is 5.42. The molecule has 0 radical (unpaired) electrons. The van der Waals surface area contributed by atoms with Gasteiger partial charge in [-0.2, -0.15) is 0 Å². The van der Waals surface area contributed by atoms with E-state index in [0.717, 1.165) is 53.4 Å². The van der Waals surface area contributed by atoms with E-state index in [9.17, 15) is 0 Å². The molecule has 0 aliphatic carbocycles. The zero-order chi connectivity index (χ0) is 18.6. The van der Waals surface area contributed by atoms with E-state index < -0.39 is 0 Å². The molecule has 9 heteroatoms. The third-order valence-electron chi connectivity index (χ3n) is 4.16. The Bertz CT molecular complexity index is 908. The van der Waals surface area contributed by atoms with Gasteiger partial charge in [0, 0.05) is 25.4 Å². The number of rotatable bonds is 5. The molecule has 4 heterocycles. The first-order chi connectivity index (χ1) is 13.2. The molecule has 4 rings (SSSR count). The average molecular weight is 384 g/mol. The summed E-state index contributed by atoms with van der Waals surface area (Å²) < 4.78 is 10.5. The lowest BCUT2D eigenvalue weighted by atomic mass is 10.3. The predicted molar refractivity (Wildman–Crippen MR) is 105 cm³/mol. The Morgan fingerprint density at radius 1 is 1.15 bits per heavy atom. The van der Waals surface area contributed by atoms with Gasteiger partial charge in [0.2, 0.25) is 11.8 Å². The molecule has 1 aliphatic heterocycles. The largest absolute Gasteiger partial charge is 0.481 e. The summed E-state index contributed by atoms with van der Waals surface area (Å²) in [5, 5.41) is 4.18. The molecule has 140 valence electrons. The Morgan fingerprint density at radius 3 is 2.74 bits per heavy atom. The van der Waals surface area contributed by atoms with Crippen LogP contribution in [0.3, 0.4) is 0 Å². The lowest BCUT2D eigenvalue weighted by molar-refractivity contribution is 0.122. The average Bonchev–Trinajstić information content (AvgIpc) is 3.11. The first kappa shape index (κ1) is 17.6. The van der Waals surface area contributed by atoms with Gasteiger partial charge in [0.25, 0.3) is 0 Å². The lowest BCUT2D eigenvalue weighted by Gasteiger charge is -2.26. The summed E-state index contributed by atoms with van der Waals surface area (Å²) in [5.74, 6) is 1.08. The van der Waals surface area contributed by atoms with E-state index >= 15 is 0 Å². The first-order valence-corrected chi connectivity index (χ1v) is 9.45. The summed E-state index contributed by atoms with van der Waals surface area (Å²) in [7, 11) is 1.59. The number of aryl methyl sites for hydroxylation is 1. The van der Waals surface area contributed by atoms with Crippen molar-refractivity contribution in [3.63, 3.8) is 0 Å². The minimum absolute atomic E-state index is 0.514. The van der Waals surface area contributed by atoms with Crippen molar-refractivity contribution in [2.24, 2.45) is 0 Å². The monoisotopic (exact) mass is 384 g/mol. The molecular formula is C18H20N6O2S. The van der Waals surface area contributed by atoms with Crippen molar-refractivity contribution >= 4 is 28.1 Å². The van der Waals surface area contributed by atoms with Gasteiger partial charge in [0.05, 0.1) is 48.5 Å². The second-order valence-electron chi connectivity index (χ2n) is 5.99. The third kappa shape index (κ3) is 3.99. The van der Waals surface area contributed by atoms with Crippen LogP contribution in [-0.4, -0.2) is 53.3 Å². The van der Waals surface area contributed by atoms with Crippen LogP contribution in [0.5, 0.6) is 5.88 Å². The Kier molecular flexibility index (Phi) is 5.12. The molecule has 3 aromatic rings. The number of pyridine rings is 1. The highest BCUT2D eigenvalue weighted by molar-refractivity contribution is 7.19. The fourth-order valence-corrected chi connectivity index (χ4v) is 3.85. The molecule has 1 saturated heterocycles. The Labute approximate surface area is 161 Å². The molecular weight excluding hydrogens is 364 g/mol. The summed E-state index contributed by atoms with van der Waals surface area (Å²) in [4.78, 5) is 21.2. The number of ether oxygens (including phenoxy) is 2. The molecule has 0 amide bonds. The molecule has 0 bridgehead atoms. The van der Waals surface area contributed by atoms with E-state index in [1.54, 1.807) is 36.9 Å². The van der Waals surface area contributed by atoms with E-state index in [4.69, 9.17) is 14.5 Å². The van der Waals surface area contributed by atoms with Crippen molar-refractivity contribution in [3.8, 4) is 16.5 Å². The van der Waals surface area contributed by atoms with Crippen molar-refractivity contribution < 1.29 is 9.47 Å². The molecule has 1 N–H and O–H groups in total. The van der Waals surface area contributed by atoms with Crippen molar-refractivity contribution in [2.45, 2.75) is 6.92 Å². The quantitative estimate of drug-likeness (QED) is 0.719. The Balaban J connectivity index is 1.55. The van der Waals surface area contributed by atoms with Crippen LogP contribution >= 0.6 is 11.3 Å². The fraction of sp³-hybridized carbons (Fsp3) is 0.333. The maximum absolute atomic E-state index is 5.42. The van der Waals surface area contributed by atoms with Gasteiger partial charge in [-0.3, -0.25) is 0 Å². The number of hydrogen-bond donors (Lipinski definition) is 1. The highest BCUT2D eigenvalue weighted by Crippen LogP contribution is 2.34. The molecule has 0 unspecified atom stereocenters. The summed E-state index contributed by atoms with van der Waals surface area (Å²) in [6, 6.07) is 5.56. The van der Waals surface area contributed by atoms with Crippen molar-refractivity contribution in [1.29, 1.82) is 0 Å². The number of morpholine rings is 1. The second-order valence-corrected chi connectivity index (χ2v) is 6.97. The van der Waals surface area contributed by atoms with E-state index in [-0.39, 0.29) is 0 Å². The van der Waals surface area contributed by atoms with Gasteiger partial charge in [0.15, 0.2) is 5.13 Å². The van der Waals surface area contributed by atoms with Gasteiger partial charge in [-0.1, -0.05) is 11.3 Å². The normalized spacial score (nSPS) is 14.2. The SMILES string of the molecule is COc1ccc(Nc2nccc(-c3sc(N4CCOCC4)nc3C)n2)cn1. The Morgan fingerprint density at radius 2 is 2.00 bits per heavy atom. The van der Waals surface area contributed by atoms with E-state index in [0.29, 0.717) is 11.8 Å². The number of nitrogens with zero attached hydrogens (tertiary/aromatic N) is 5. The first-order valence-electron chi connectivity index (χ1n) is 8.63. The number of aromatic nitrogens is 4. The van der Waals surface area contributed by atoms with Gasteiger partial charge in [0.1, 0.15) is 0 Å². The summed E-state index contributed by atoms with van der Waals surface area (Å²) in [5.41, 5.74) is 2.61. The van der Waals surface area contributed by atoms with Crippen molar-refractivity contribution in [3.05, 3.63) is 36.3 Å². The van der Waals surface area contributed by atoms with Crippen molar-refractivity contribution in [2.75, 3.05) is 43.6 Å². The predicted octanol–water partition coefficient (Wildman–Crippen LogP) is 2.89. The smallest absolute Gasteiger partial charge is 0.227 e. The van der Waals surface area contributed by atoms with Gasteiger partial charge in [-0.05, 0) is 19.1 Å². The number of nitrogens with one attached hydrogen (secondary N) is 1. The van der Waals surface area contributed by atoms with Crippen LogP contribution in [0.15, 0.2) is 30.6 Å². The minimum Gasteiger partial charge on any atom is -0.481 e. The summed E-state index contributed by atoms with van der Waals surface area (Å²) >= 11 is 1.65. The molecule has 0 atom stereocenters. The number of thiazole rings is 1. The van der Waals surface area contributed by atoms with Crippen LogP contribution in [0.2, 0.25) is 0 Å². The molecule has 0 spiro atoms. The topological polar surface area (TPSA) is 85.3 Å². The van der Waals surface area contributed by atoms with Crippen LogP contribution in [0.25, 0.3) is 10.6 Å². The van der Waals surface area contributed by atoms with Crippen LogP contribution in [0, 0.1) is 6.92 Å². The number of hydrogen-bond acceptors (Lipinski definition) is 9. The van der Waals surface area contributed by atoms with Crippen LogP contribution in [-0.2, 0) is 4.74 Å². The molecule has 1 aliphatic rings. The van der Waals surface area contributed by atoms with Crippen LogP contribution < -0.4 is 15.0 Å². The molecule has 0 aromatic carbocycles. The standard InChI is InChI=1S/C18H20N6O2S/c1-12-16(27-18(21-12)24-7-9-26-10-8-24)14-5-6-19-17(23-14)22-13-3-4-15(25-2)20-11-13/h3-6,11H,7-10H2,1-2H3,(H,19,22,23). The van der Waals surface area contributed by atoms with E-state index in [2.05, 4.69) is 25.2 Å². The van der Waals surface area contributed by atoms with Crippen LogP contribution in [0.1, 0.15) is 5.69 Å². The maximum Gasteiger partial charge on any atom is 0.227 e. The van der Waals surface area contributed by atoms with Gasteiger partial charge in [-0.25, -0.2) is 19.9 Å². The van der Waals surface area contributed by atoms with Gasteiger partial charge >= 0.3 is 0 Å². The second kappa shape index (κ2) is 7.85. The molecule has 27 heavy (non-hydrogen) atoms. The number of anilines is 3. The highest BCUT2D eigenvalue weighted by atomic mass is 32.1. The van der Waals surface area contributed by atoms with Gasteiger partial charge in [-0.15, -0.1) is 0 Å². The van der Waals surface area contributed by atoms with Crippen molar-refractivity contribution in [1.82, 2.24) is 19.9 Å². The zero-order valence-corrected chi connectivity index (χ0v) is 16.0. The van der Waals surface area contributed by atoms with Gasteiger partial charge < -0.3 is 19.7 Å².